The van der Waals surface area contributed by atoms with Crippen LogP contribution in [0.1, 0.15) is 34.1 Å². The lowest BCUT2D eigenvalue weighted by atomic mass is 10.1. The van der Waals surface area contributed by atoms with Gasteiger partial charge in [-0.05, 0) is 38.5 Å². The van der Waals surface area contributed by atoms with Crippen LogP contribution in [-0.4, -0.2) is 27.8 Å². The topological polar surface area (TPSA) is 73.2 Å². The molecule has 0 radical (unpaired) electrons. The molecule has 6 nitrogen and oxygen atoms in total. The molecular weight excluding hydrogens is 390 g/mol. The Bertz CT molecular complexity index is 1010. The van der Waals surface area contributed by atoms with Gasteiger partial charge in [-0.2, -0.15) is 5.10 Å². The molecular formula is C22H22ClN3O3. The summed E-state index contributed by atoms with van der Waals surface area (Å²) >= 11 is 6.38. The van der Waals surface area contributed by atoms with E-state index in [0.29, 0.717) is 12.2 Å². The molecule has 0 aliphatic rings. The van der Waals surface area contributed by atoms with Crippen molar-refractivity contribution in [3.8, 4) is 5.69 Å². The van der Waals surface area contributed by atoms with Crippen molar-refractivity contribution in [2.45, 2.75) is 33.4 Å². The molecule has 1 N–H and O–H groups in total. The Labute approximate surface area is 174 Å². The summed E-state index contributed by atoms with van der Waals surface area (Å²) in [7, 11) is 0. The Kier molecular flexibility index (Phi) is 6.34. The van der Waals surface area contributed by atoms with E-state index in [1.807, 2.05) is 61.5 Å². The highest BCUT2D eigenvalue weighted by molar-refractivity contribution is 6.33. The summed E-state index contributed by atoms with van der Waals surface area (Å²) in [6.45, 7) is 5.54. The minimum absolute atomic E-state index is 0.144. The van der Waals surface area contributed by atoms with Gasteiger partial charge in [-0.1, -0.05) is 59.6 Å². The van der Waals surface area contributed by atoms with Crippen LogP contribution in [0.5, 0.6) is 0 Å². The number of nitrogens with zero attached hydrogens (tertiary/aromatic N) is 2. The SMILES string of the molecule is Cc1ccc(CNC(=O)[C@@H](C)OC(=O)c2c(C)nn(-c3ccccc3)c2Cl)cc1. The third-order valence-electron chi connectivity index (χ3n) is 4.45. The molecule has 1 amide bonds. The number of halogens is 1. The maximum Gasteiger partial charge on any atom is 0.344 e. The smallest absolute Gasteiger partial charge is 0.344 e. The number of aryl methyl sites for hydroxylation is 2. The van der Waals surface area contributed by atoms with Crippen LogP contribution in [0.25, 0.3) is 5.69 Å². The second kappa shape index (κ2) is 8.92. The van der Waals surface area contributed by atoms with E-state index in [1.54, 1.807) is 6.92 Å². The van der Waals surface area contributed by atoms with Gasteiger partial charge < -0.3 is 10.1 Å². The number of esters is 1. The zero-order valence-electron chi connectivity index (χ0n) is 16.5. The summed E-state index contributed by atoms with van der Waals surface area (Å²) in [4.78, 5) is 24.9. The standard InChI is InChI=1S/C22H22ClN3O3/c1-14-9-11-17(12-10-14)13-24-21(27)16(3)29-22(28)19-15(2)25-26(20(19)23)18-7-5-4-6-8-18/h4-12,16H,13H2,1-3H3,(H,24,27)/t16-/m1/s1. The first kappa shape index (κ1) is 20.6. The van der Waals surface area contributed by atoms with E-state index in [-0.39, 0.29) is 16.6 Å². The number of hydrogen-bond acceptors (Lipinski definition) is 4. The summed E-state index contributed by atoms with van der Waals surface area (Å²) in [6, 6.07) is 17.0. The first-order valence-electron chi connectivity index (χ1n) is 9.21. The summed E-state index contributed by atoms with van der Waals surface area (Å²) in [5, 5.41) is 7.23. The number of para-hydroxylation sites is 1. The fraction of sp³-hybridized carbons (Fsp3) is 0.227. The van der Waals surface area contributed by atoms with Crippen molar-refractivity contribution in [3.63, 3.8) is 0 Å². The van der Waals surface area contributed by atoms with Gasteiger partial charge in [0.05, 0.1) is 11.4 Å². The number of carbonyl (C=O) groups excluding carboxylic acids is 2. The average molecular weight is 412 g/mol. The molecule has 0 spiro atoms. The second-order valence-corrected chi connectivity index (χ2v) is 7.11. The molecule has 3 aromatic rings. The van der Waals surface area contributed by atoms with Crippen molar-refractivity contribution in [2.75, 3.05) is 0 Å². The van der Waals surface area contributed by atoms with Gasteiger partial charge in [0.25, 0.3) is 5.91 Å². The van der Waals surface area contributed by atoms with Gasteiger partial charge in [0.1, 0.15) is 10.7 Å². The lowest BCUT2D eigenvalue weighted by Gasteiger charge is -2.13. The van der Waals surface area contributed by atoms with Gasteiger partial charge in [-0.3, -0.25) is 4.79 Å². The van der Waals surface area contributed by atoms with Crippen LogP contribution >= 0.6 is 11.6 Å². The monoisotopic (exact) mass is 411 g/mol. The molecule has 0 fully saturated rings. The van der Waals surface area contributed by atoms with Gasteiger partial charge >= 0.3 is 5.97 Å². The molecule has 29 heavy (non-hydrogen) atoms. The maximum atomic E-state index is 12.6. The van der Waals surface area contributed by atoms with Crippen molar-refractivity contribution in [1.29, 1.82) is 0 Å². The number of rotatable bonds is 6. The Morgan fingerprint density at radius 1 is 1.10 bits per heavy atom. The van der Waals surface area contributed by atoms with Crippen LogP contribution in [0.2, 0.25) is 5.15 Å². The third kappa shape index (κ3) is 4.84. The van der Waals surface area contributed by atoms with Crippen molar-refractivity contribution < 1.29 is 14.3 Å². The highest BCUT2D eigenvalue weighted by atomic mass is 35.5. The van der Waals surface area contributed by atoms with Gasteiger partial charge in [0.15, 0.2) is 6.10 Å². The molecule has 0 saturated carbocycles. The Hall–Kier alpha value is -3.12. The van der Waals surface area contributed by atoms with E-state index >= 15 is 0 Å². The van der Waals surface area contributed by atoms with E-state index in [0.717, 1.165) is 16.8 Å². The lowest BCUT2D eigenvalue weighted by molar-refractivity contribution is -0.129. The van der Waals surface area contributed by atoms with E-state index in [2.05, 4.69) is 10.4 Å². The summed E-state index contributed by atoms with van der Waals surface area (Å²) in [5.74, 6) is -1.07. The number of benzene rings is 2. The largest absolute Gasteiger partial charge is 0.449 e. The average Bonchev–Trinajstić information content (AvgIpc) is 3.02. The van der Waals surface area contributed by atoms with Crippen LogP contribution in [-0.2, 0) is 16.1 Å². The van der Waals surface area contributed by atoms with Crippen LogP contribution in [0.15, 0.2) is 54.6 Å². The normalized spacial score (nSPS) is 11.7. The molecule has 0 aliphatic heterocycles. The molecule has 150 valence electrons. The molecule has 0 aliphatic carbocycles. The third-order valence-corrected chi connectivity index (χ3v) is 4.80. The van der Waals surface area contributed by atoms with Crippen LogP contribution in [0, 0.1) is 13.8 Å². The minimum Gasteiger partial charge on any atom is -0.449 e. The zero-order valence-corrected chi connectivity index (χ0v) is 17.2. The van der Waals surface area contributed by atoms with Gasteiger partial charge in [-0.25, -0.2) is 9.48 Å². The van der Waals surface area contributed by atoms with Crippen LogP contribution in [0.4, 0.5) is 0 Å². The number of carbonyl (C=O) groups is 2. The molecule has 1 atom stereocenters. The number of ether oxygens (including phenoxy) is 1. The van der Waals surface area contributed by atoms with Crippen LogP contribution < -0.4 is 5.32 Å². The molecule has 1 heterocycles. The van der Waals surface area contributed by atoms with E-state index in [4.69, 9.17) is 16.3 Å². The molecule has 1 aromatic heterocycles. The highest BCUT2D eigenvalue weighted by Crippen LogP contribution is 2.24. The molecule has 0 saturated heterocycles. The Morgan fingerprint density at radius 2 is 1.76 bits per heavy atom. The Morgan fingerprint density at radius 3 is 2.41 bits per heavy atom. The second-order valence-electron chi connectivity index (χ2n) is 6.75. The maximum absolute atomic E-state index is 12.6. The summed E-state index contributed by atoms with van der Waals surface area (Å²) < 4.78 is 6.80. The van der Waals surface area contributed by atoms with Crippen molar-refractivity contribution >= 4 is 23.5 Å². The fourth-order valence-electron chi connectivity index (χ4n) is 2.78. The summed E-state index contributed by atoms with van der Waals surface area (Å²) in [5.41, 5.74) is 3.41. The number of aromatic nitrogens is 2. The van der Waals surface area contributed by atoms with Crippen LogP contribution in [0.3, 0.4) is 0 Å². The van der Waals surface area contributed by atoms with Gasteiger partial charge in [0.2, 0.25) is 0 Å². The van der Waals surface area contributed by atoms with Crippen molar-refractivity contribution in [3.05, 3.63) is 82.1 Å². The molecule has 2 aromatic carbocycles. The van der Waals surface area contributed by atoms with E-state index < -0.39 is 12.1 Å². The number of hydrogen-bond donors (Lipinski definition) is 1. The van der Waals surface area contributed by atoms with E-state index in [9.17, 15) is 9.59 Å². The highest BCUT2D eigenvalue weighted by Gasteiger charge is 2.26. The minimum atomic E-state index is -0.969. The molecule has 3 rings (SSSR count). The Balaban J connectivity index is 1.65. The molecule has 0 bridgehead atoms. The van der Waals surface area contributed by atoms with Crippen molar-refractivity contribution in [2.24, 2.45) is 0 Å². The number of amides is 1. The predicted molar refractivity (Wildman–Crippen MR) is 111 cm³/mol. The first-order valence-corrected chi connectivity index (χ1v) is 9.59. The predicted octanol–water partition coefficient (Wildman–Crippen LogP) is 4.00. The summed E-state index contributed by atoms with van der Waals surface area (Å²) in [6.07, 6.45) is -0.969. The lowest BCUT2D eigenvalue weighted by Crippen LogP contribution is -2.35. The quantitative estimate of drug-likeness (QED) is 0.622. The molecule has 7 heteroatoms. The van der Waals surface area contributed by atoms with Gasteiger partial charge in [0, 0.05) is 6.54 Å². The zero-order chi connectivity index (χ0) is 21.0. The molecule has 0 unspecified atom stereocenters. The van der Waals surface area contributed by atoms with Crippen molar-refractivity contribution in [1.82, 2.24) is 15.1 Å². The first-order chi connectivity index (χ1) is 13.9. The van der Waals surface area contributed by atoms with Gasteiger partial charge in [-0.15, -0.1) is 0 Å². The fourth-order valence-corrected chi connectivity index (χ4v) is 3.13. The number of nitrogens with one attached hydrogen (secondary N) is 1. The van der Waals surface area contributed by atoms with E-state index in [1.165, 1.54) is 11.6 Å².